The summed E-state index contributed by atoms with van der Waals surface area (Å²) in [6, 6.07) is 14.7. The molecule has 0 saturated heterocycles. The molecule has 0 unspecified atom stereocenters. The molecule has 0 aliphatic carbocycles. The summed E-state index contributed by atoms with van der Waals surface area (Å²) in [5, 5.41) is 6.65. The van der Waals surface area contributed by atoms with Gasteiger partial charge in [0.1, 0.15) is 11.6 Å². The first-order valence-corrected chi connectivity index (χ1v) is 8.73. The van der Waals surface area contributed by atoms with Crippen LogP contribution in [0.25, 0.3) is 0 Å². The number of carbonyl (C=O) groups excluding carboxylic acids is 1. The van der Waals surface area contributed by atoms with Crippen LogP contribution in [-0.2, 0) is 6.18 Å². The molecule has 0 radical (unpaired) electrons. The topological polar surface area (TPSA) is 75.6 Å². The Bertz CT molecular complexity index is 1050. The molecule has 6 nitrogen and oxygen atoms in total. The van der Waals surface area contributed by atoms with E-state index in [0.29, 0.717) is 5.75 Å². The van der Waals surface area contributed by atoms with Gasteiger partial charge in [0.15, 0.2) is 0 Å². The average molecular weight is 414 g/mol. The summed E-state index contributed by atoms with van der Waals surface area (Å²) in [6.45, 7) is 0. The van der Waals surface area contributed by atoms with Gasteiger partial charge in [0.25, 0.3) is 5.91 Å². The molecule has 0 aliphatic rings. The lowest BCUT2D eigenvalue weighted by Crippen LogP contribution is -2.19. The molecule has 0 bridgehead atoms. The van der Waals surface area contributed by atoms with Gasteiger partial charge in [-0.15, -0.1) is 0 Å². The van der Waals surface area contributed by atoms with Crippen LogP contribution in [0.3, 0.4) is 0 Å². The molecule has 1 heterocycles. The molecule has 0 fully saturated rings. The van der Waals surface area contributed by atoms with E-state index in [0.717, 1.165) is 17.7 Å². The molecule has 0 saturated carbocycles. The predicted molar refractivity (Wildman–Crippen MR) is 107 cm³/mol. The number of amides is 1. The minimum atomic E-state index is -4.47. The third-order valence-electron chi connectivity index (χ3n) is 4.00. The molecule has 0 atom stereocenters. The van der Waals surface area contributed by atoms with E-state index in [9.17, 15) is 18.0 Å². The maximum Gasteiger partial charge on any atom is 0.416 e. The molecule has 9 heteroatoms. The van der Waals surface area contributed by atoms with Crippen molar-refractivity contribution in [1.29, 1.82) is 0 Å². The smallest absolute Gasteiger partial charge is 0.416 e. The Balaban J connectivity index is 1.73. The quantitative estimate of drug-likeness (QED) is 0.456. The highest BCUT2D eigenvalue weighted by Crippen LogP contribution is 2.31. The summed E-state index contributed by atoms with van der Waals surface area (Å²) in [7, 11) is 1.56. The fourth-order valence-corrected chi connectivity index (χ4v) is 2.51. The zero-order valence-electron chi connectivity index (χ0n) is 15.8. The van der Waals surface area contributed by atoms with Gasteiger partial charge < -0.3 is 10.1 Å². The molecular formula is C21H17F3N4O2. The van der Waals surface area contributed by atoms with Gasteiger partial charge in [-0.1, -0.05) is 6.07 Å². The Hall–Kier alpha value is -3.88. The standard InChI is InChI=1S/C21H17F3N4O2/c1-30-17-9-7-14(8-10-17)13-26-28-20(29)18-6-3-11-25-19(18)27-16-5-2-4-15(12-16)21(22,23)24/h2-13H,1H3,(H,25,27)(H,28,29)/b26-13+. The Morgan fingerprint density at radius 1 is 1.10 bits per heavy atom. The number of hydrazone groups is 1. The van der Waals surface area contributed by atoms with Gasteiger partial charge >= 0.3 is 6.18 Å². The summed E-state index contributed by atoms with van der Waals surface area (Å²) in [5.74, 6) is 0.230. The number of hydrogen-bond donors (Lipinski definition) is 2. The van der Waals surface area contributed by atoms with Crippen LogP contribution in [0.1, 0.15) is 21.5 Å². The highest BCUT2D eigenvalue weighted by molar-refractivity contribution is 5.99. The molecule has 3 aromatic rings. The number of halogens is 3. The van der Waals surface area contributed by atoms with Crippen LogP contribution in [0.2, 0.25) is 0 Å². The predicted octanol–water partition coefficient (Wildman–Crippen LogP) is 4.62. The van der Waals surface area contributed by atoms with Gasteiger partial charge in [0.2, 0.25) is 0 Å². The SMILES string of the molecule is COc1ccc(/C=N/NC(=O)c2cccnc2Nc2cccc(C(F)(F)F)c2)cc1. The number of nitrogens with zero attached hydrogens (tertiary/aromatic N) is 2. The number of methoxy groups -OCH3 is 1. The van der Waals surface area contributed by atoms with E-state index < -0.39 is 17.6 Å². The molecule has 1 aromatic heterocycles. The van der Waals surface area contributed by atoms with Crippen molar-refractivity contribution < 1.29 is 22.7 Å². The molecular weight excluding hydrogens is 397 g/mol. The number of carbonyl (C=O) groups is 1. The van der Waals surface area contributed by atoms with Gasteiger partial charge in [0.05, 0.1) is 24.5 Å². The van der Waals surface area contributed by atoms with Crippen LogP contribution in [0.4, 0.5) is 24.7 Å². The van der Waals surface area contributed by atoms with Gasteiger partial charge in [-0.3, -0.25) is 4.79 Å². The minimum absolute atomic E-state index is 0.106. The van der Waals surface area contributed by atoms with Crippen LogP contribution in [0.5, 0.6) is 5.75 Å². The molecule has 0 aliphatic heterocycles. The van der Waals surface area contributed by atoms with Crippen LogP contribution in [0.15, 0.2) is 72.0 Å². The Morgan fingerprint density at radius 2 is 1.87 bits per heavy atom. The molecule has 2 aromatic carbocycles. The summed E-state index contributed by atoms with van der Waals surface area (Å²) < 4.78 is 43.8. The van der Waals surface area contributed by atoms with Gasteiger partial charge in [-0.05, 0) is 60.2 Å². The average Bonchev–Trinajstić information content (AvgIpc) is 2.74. The first kappa shape index (κ1) is 20.8. The Morgan fingerprint density at radius 3 is 2.57 bits per heavy atom. The fraction of sp³-hybridized carbons (Fsp3) is 0.0952. The fourth-order valence-electron chi connectivity index (χ4n) is 2.51. The molecule has 2 N–H and O–H groups in total. The second kappa shape index (κ2) is 9.08. The molecule has 154 valence electrons. The first-order chi connectivity index (χ1) is 14.4. The van der Waals surface area contributed by atoms with E-state index in [-0.39, 0.29) is 17.1 Å². The number of rotatable bonds is 6. The lowest BCUT2D eigenvalue weighted by Gasteiger charge is -2.12. The second-order valence-electron chi connectivity index (χ2n) is 6.08. The lowest BCUT2D eigenvalue weighted by atomic mass is 10.2. The summed E-state index contributed by atoms with van der Waals surface area (Å²) >= 11 is 0. The van der Waals surface area contributed by atoms with Crippen molar-refractivity contribution in [2.24, 2.45) is 5.10 Å². The molecule has 0 spiro atoms. The Labute approximate surface area is 170 Å². The number of anilines is 2. The summed E-state index contributed by atoms with van der Waals surface area (Å²) in [6.07, 6.45) is -1.60. The number of alkyl halides is 3. The number of nitrogens with one attached hydrogen (secondary N) is 2. The van der Waals surface area contributed by atoms with E-state index in [1.807, 2.05) is 0 Å². The lowest BCUT2D eigenvalue weighted by molar-refractivity contribution is -0.137. The summed E-state index contributed by atoms with van der Waals surface area (Å²) in [4.78, 5) is 16.5. The van der Waals surface area contributed by atoms with Crippen molar-refractivity contribution in [3.05, 3.63) is 83.6 Å². The normalized spacial score (nSPS) is 11.3. The monoisotopic (exact) mass is 414 g/mol. The molecule has 30 heavy (non-hydrogen) atoms. The van der Waals surface area contributed by atoms with Gasteiger partial charge in [-0.2, -0.15) is 18.3 Å². The van der Waals surface area contributed by atoms with E-state index in [1.165, 1.54) is 30.6 Å². The van der Waals surface area contributed by atoms with Crippen molar-refractivity contribution >= 4 is 23.6 Å². The Kier molecular flexibility index (Phi) is 6.31. The largest absolute Gasteiger partial charge is 0.497 e. The number of hydrogen-bond acceptors (Lipinski definition) is 5. The van der Waals surface area contributed by atoms with Crippen molar-refractivity contribution in [1.82, 2.24) is 10.4 Å². The maximum absolute atomic E-state index is 12.9. The zero-order valence-corrected chi connectivity index (χ0v) is 15.8. The van der Waals surface area contributed by atoms with Crippen LogP contribution < -0.4 is 15.5 Å². The number of aromatic nitrogens is 1. The number of benzene rings is 2. The van der Waals surface area contributed by atoms with E-state index >= 15 is 0 Å². The number of ether oxygens (including phenoxy) is 1. The first-order valence-electron chi connectivity index (χ1n) is 8.73. The highest BCUT2D eigenvalue weighted by Gasteiger charge is 2.30. The van der Waals surface area contributed by atoms with Gasteiger partial charge in [0, 0.05) is 11.9 Å². The van der Waals surface area contributed by atoms with Crippen molar-refractivity contribution in [3.8, 4) is 5.75 Å². The minimum Gasteiger partial charge on any atom is -0.497 e. The molecule has 1 amide bonds. The number of pyridine rings is 1. The van der Waals surface area contributed by atoms with Crippen LogP contribution in [0, 0.1) is 0 Å². The third-order valence-corrected chi connectivity index (χ3v) is 4.00. The third kappa shape index (κ3) is 5.34. The second-order valence-corrected chi connectivity index (χ2v) is 6.08. The van der Waals surface area contributed by atoms with Crippen LogP contribution >= 0.6 is 0 Å². The van der Waals surface area contributed by atoms with Crippen molar-refractivity contribution in [2.75, 3.05) is 12.4 Å². The van der Waals surface area contributed by atoms with Crippen LogP contribution in [-0.4, -0.2) is 24.2 Å². The van der Waals surface area contributed by atoms with Gasteiger partial charge in [-0.25, -0.2) is 10.4 Å². The van der Waals surface area contributed by atoms with E-state index in [2.05, 4.69) is 20.8 Å². The van der Waals surface area contributed by atoms with Crippen molar-refractivity contribution in [2.45, 2.75) is 6.18 Å². The van der Waals surface area contributed by atoms with E-state index in [1.54, 1.807) is 37.4 Å². The zero-order chi connectivity index (χ0) is 21.6. The molecule has 3 rings (SSSR count). The summed E-state index contributed by atoms with van der Waals surface area (Å²) in [5.41, 5.74) is 2.59. The maximum atomic E-state index is 12.9. The highest BCUT2D eigenvalue weighted by atomic mass is 19.4. The van der Waals surface area contributed by atoms with E-state index in [4.69, 9.17) is 4.74 Å². The van der Waals surface area contributed by atoms with Crippen molar-refractivity contribution in [3.63, 3.8) is 0 Å².